The first-order valence-electron chi connectivity index (χ1n) is 7.13. The number of thiophene rings is 1. The zero-order chi connectivity index (χ0) is 17.3. The Balaban J connectivity index is 1.88. The van der Waals surface area contributed by atoms with Gasteiger partial charge in [0.15, 0.2) is 17.5 Å². The van der Waals surface area contributed by atoms with E-state index >= 15 is 0 Å². The summed E-state index contributed by atoms with van der Waals surface area (Å²) in [4.78, 5) is 30.0. The summed E-state index contributed by atoms with van der Waals surface area (Å²) in [5.41, 5.74) is 0. The van der Waals surface area contributed by atoms with E-state index in [0.717, 1.165) is 10.6 Å². The fraction of sp³-hybridized carbons (Fsp3) is 0.176. The number of imidazole rings is 1. The number of carbonyl (C=O) groups excluding carboxylic acids is 2. The Bertz CT molecular complexity index is 958. The molecule has 3 heterocycles. The summed E-state index contributed by atoms with van der Waals surface area (Å²) in [5, 5.41) is 9.30. The molecule has 0 radical (unpaired) electrons. The average Bonchev–Trinajstić information content (AvgIpc) is 3.27. The summed E-state index contributed by atoms with van der Waals surface area (Å²) in [6, 6.07) is 8.80. The fourth-order valence-corrected chi connectivity index (χ4v) is 3.22. The molecule has 7 heteroatoms. The van der Waals surface area contributed by atoms with E-state index in [4.69, 9.17) is 4.42 Å². The van der Waals surface area contributed by atoms with Gasteiger partial charge in [-0.1, -0.05) is 0 Å². The third-order valence-electron chi connectivity index (χ3n) is 3.53. The lowest BCUT2D eigenvalue weighted by atomic mass is 9.99. The molecule has 0 spiro atoms. The van der Waals surface area contributed by atoms with Gasteiger partial charge in [0.05, 0.1) is 15.8 Å². The van der Waals surface area contributed by atoms with Crippen molar-refractivity contribution in [3.63, 3.8) is 0 Å². The predicted octanol–water partition coefficient (Wildman–Crippen LogP) is 3.26. The molecule has 0 aromatic carbocycles. The van der Waals surface area contributed by atoms with Crippen LogP contribution in [0.2, 0.25) is 0 Å². The van der Waals surface area contributed by atoms with Crippen molar-refractivity contribution >= 4 is 22.9 Å². The third kappa shape index (κ3) is 2.79. The minimum absolute atomic E-state index is 0.0911. The van der Waals surface area contributed by atoms with Gasteiger partial charge in [0.1, 0.15) is 11.5 Å². The van der Waals surface area contributed by atoms with Crippen molar-refractivity contribution in [1.82, 2.24) is 9.55 Å². The van der Waals surface area contributed by atoms with Crippen LogP contribution in [0.1, 0.15) is 26.1 Å². The maximum absolute atomic E-state index is 12.6. The Labute approximate surface area is 142 Å². The zero-order valence-corrected chi connectivity index (χ0v) is 13.8. The highest BCUT2D eigenvalue weighted by Crippen LogP contribution is 2.31. The van der Waals surface area contributed by atoms with E-state index < -0.39 is 17.5 Å². The van der Waals surface area contributed by atoms with Crippen molar-refractivity contribution < 1.29 is 14.0 Å². The molecule has 0 saturated carbocycles. The second-order valence-corrected chi connectivity index (χ2v) is 6.31. The van der Waals surface area contributed by atoms with Crippen LogP contribution >= 0.6 is 11.3 Å². The summed E-state index contributed by atoms with van der Waals surface area (Å²) < 4.78 is 7.02. The topological polar surface area (TPSA) is 88.9 Å². The van der Waals surface area contributed by atoms with Gasteiger partial charge in [-0.15, -0.1) is 11.3 Å². The lowest BCUT2D eigenvalue weighted by Crippen LogP contribution is -2.24. The lowest BCUT2D eigenvalue weighted by molar-refractivity contribution is 0.0840. The summed E-state index contributed by atoms with van der Waals surface area (Å²) >= 11 is 1.20. The number of ketones is 2. The van der Waals surface area contributed by atoms with E-state index in [1.807, 2.05) is 19.1 Å². The van der Waals surface area contributed by atoms with Crippen LogP contribution in [-0.2, 0) is 7.05 Å². The Morgan fingerprint density at radius 3 is 2.67 bits per heavy atom. The van der Waals surface area contributed by atoms with Gasteiger partial charge in [-0.05, 0) is 31.2 Å². The van der Waals surface area contributed by atoms with Crippen LogP contribution in [0.5, 0.6) is 0 Å². The number of aromatic nitrogens is 2. The lowest BCUT2D eigenvalue weighted by Gasteiger charge is -2.05. The van der Waals surface area contributed by atoms with Gasteiger partial charge < -0.3 is 8.98 Å². The first kappa shape index (κ1) is 15.9. The highest BCUT2D eigenvalue weighted by molar-refractivity contribution is 7.17. The molecule has 3 aromatic heterocycles. The number of aryl methyl sites for hydroxylation is 2. The van der Waals surface area contributed by atoms with Crippen molar-refractivity contribution in [2.24, 2.45) is 13.0 Å². The second-order valence-electron chi connectivity index (χ2n) is 5.23. The van der Waals surface area contributed by atoms with Crippen LogP contribution in [0.3, 0.4) is 0 Å². The van der Waals surface area contributed by atoms with E-state index in [0.29, 0.717) is 10.6 Å². The Morgan fingerprint density at radius 1 is 1.29 bits per heavy atom. The normalized spacial score (nSPS) is 11.9. The Hall–Kier alpha value is -2.98. The standard InChI is InChI=1S/C17H13N3O3S/c1-10-3-4-12(23-10)13-5-6-14(24-13)15(21)11(9-18)16(22)17-19-7-8-20(17)2/h3-8,11H,1-2H3. The molecule has 0 N–H and O–H groups in total. The van der Waals surface area contributed by atoms with Crippen LogP contribution in [0.25, 0.3) is 10.6 Å². The molecule has 0 saturated heterocycles. The van der Waals surface area contributed by atoms with Crippen LogP contribution in [-0.4, -0.2) is 21.1 Å². The molecule has 0 aliphatic carbocycles. The van der Waals surface area contributed by atoms with Crippen molar-refractivity contribution in [1.29, 1.82) is 5.26 Å². The average molecular weight is 339 g/mol. The van der Waals surface area contributed by atoms with E-state index in [9.17, 15) is 14.9 Å². The van der Waals surface area contributed by atoms with Gasteiger partial charge in [0.25, 0.3) is 0 Å². The largest absolute Gasteiger partial charge is 0.461 e. The van der Waals surface area contributed by atoms with Crippen molar-refractivity contribution in [3.8, 4) is 16.7 Å². The van der Waals surface area contributed by atoms with E-state index in [2.05, 4.69) is 4.98 Å². The van der Waals surface area contributed by atoms with Crippen LogP contribution < -0.4 is 0 Å². The van der Waals surface area contributed by atoms with Crippen LogP contribution in [0.4, 0.5) is 0 Å². The monoisotopic (exact) mass is 339 g/mol. The first-order valence-corrected chi connectivity index (χ1v) is 7.95. The molecule has 6 nitrogen and oxygen atoms in total. The Kier molecular flexibility index (Phi) is 4.15. The SMILES string of the molecule is Cc1ccc(-c2ccc(C(=O)C(C#N)C(=O)c3nccn3C)s2)o1. The number of Topliss-reactive ketones (excluding diaryl/α,β-unsaturated/α-hetero) is 2. The quantitative estimate of drug-likeness (QED) is 0.526. The highest BCUT2D eigenvalue weighted by atomic mass is 32.1. The van der Waals surface area contributed by atoms with Crippen LogP contribution in [0, 0.1) is 24.2 Å². The summed E-state index contributed by atoms with van der Waals surface area (Å²) in [6.07, 6.45) is 3.04. The fourth-order valence-electron chi connectivity index (χ4n) is 2.28. The number of hydrogen-bond donors (Lipinski definition) is 0. The molecule has 0 fully saturated rings. The van der Waals surface area contributed by atoms with Gasteiger partial charge in [0.2, 0.25) is 5.78 Å². The second kappa shape index (κ2) is 6.26. The van der Waals surface area contributed by atoms with Crippen molar-refractivity contribution in [2.45, 2.75) is 6.92 Å². The summed E-state index contributed by atoms with van der Waals surface area (Å²) in [7, 11) is 1.64. The van der Waals surface area contributed by atoms with Crippen molar-refractivity contribution in [2.75, 3.05) is 0 Å². The highest BCUT2D eigenvalue weighted by Gasteiger charge is 2.31. The van der Waals surface area contributed by atoms with E-state index in [1.165, 1.54) is 22.1 Å². The molecule has 1 atom stereocenters. The first-order chi connectivity index (χ1) is 11.5. The molecule has 0 aliphatic rings. The number of furan rings is 1. The third-order valence-corrected chi connectivity index (χ3v) is 4.64. The predicted molar refractivity (Wildman–Crippen MR) is 87.7 cm³/mol. The van der Waals surface area contributed by atoms with Gasteiger partial charge in [0, 0.05) is 19.4 Å². The zero-order valence-electron chi connectivity index (χ0n) is 13.0. The number of hydrogen-bond acceptors (Lipinski definition) is 6. The van der Waals surface area contributed by atoms with Crippen molar-refractivity contribution in [3.05, 3.63) is 53.1 Å². The molecule has 120 valence electrons. The number of nitriles is 1. The summed E-state index contributed by atoms with van der Waals surface area (Å²) in [6.45, 7) is 1.83. The van der Waals surface area contributed by atoms with Gasteiger partial charge in [-0.25, -0.2) is 4.98 Å². The molecular weight excluding hydrogens is 326 g/mol. The number of rotatable bonds is 5. The van der Waals surface area contributed by atoms with Crippen LogP contribution in [0.15, 0.2) is 41.1 Å². The number of nitrogens with zero attached hydrogens (tertiary/aromatic N) is 3. The molecule has 0 bridgehead atoms. The molecule has 3 rings (SSSR count). The minimum atomic E-state index is -1.41. The molecule has 0 amide bonds. The summed E-state index contributed by atoms with van der Waals surface area (Å²) in [5.74, 6) is -1.01. The van der Waals surface area contributed by atoms with E-state index in [-0.39, 0.29) is 5.82 Å². The maximum Gasteiger partial charge on any atom is 0.223 e. The Morgan fingerprint density at radius 2 is 2.08 bits per heavy atom. The molecule has 0 aliphatic heterocycles. The van der Waals surface area contributed by atoms with E-state index in [1.54, 1.807) is 31.4 Å². The molecular formula is C17H13N3O3S. The minimum Gasteiger partial charge on any atom is -0.461 e. The smallest absolute Gasteiger partial charge is 0.223 e. The molecule has 24 heavy (non-hydrogen) atoms. The maximum atomic E-state index is 12.6. The van der Waals surface area contributed by atoms with Gasteiger partial charge >= 0.3 is 0 Å². The molecule has 1 unspecified atom stereocenters. The van der Waals surface area contributed by atoms with Gasteiger partial charge in [-0.3, -0.25) is 9.59 Å². The number of carbonyl (C=O) groups is 2. The van der Waals surface area contributed by atoms with Gasteiger partial charge in [-0.2, -0.15) is 5.26 Å². The molecule has 3 aromatic rings.